The van der Waals surface area contributed by atoms with Crippen LogP contribution in [0.25, 0.3) is 11.3 Å². The molecule has 6 heteroatoms. The van der Waals surface area contributed by atoms with E-state index in [4.69, 9.17) is 14.7 Å². The molecule has 136 valence electrons. The van der Waals surface area contributed by atoms with E-state index in [1.54, 1.807) is 7.11 Å². The zero-order valence-corrected chi connectivity index (χ0v) is 16.3. The number of hydrogen-bond acceptors (Lipinski definition) is 6. The molecule has 0 fully saturated rings. The van der Waals surface area contributed by atoms with E-state index >= 15 is 0 Å². The predicted octanol–water partition coefficient (Wildman–Crippen LogP) is 3.83. The Bertz CT molecular complexity index is 726. The lowest BCUT2D eigenvalue weighted by Gasteiger charge is -2.19. The van der Waals surface area contributed by atoms with E-state index in [1.807, 2.05) is 32.1 Å². The van der Waals surface area contributed by atoms with Gasteiger partial charge in [0.05, 0.1) is 18.5 Å². The van der Waals surface area contributed by atoms with Gasteiger partial charge in [-0.25, -0.2) is 15.0 Å². The number of pyridine rings is 1. The van der Waals surface area contributed by atoms with Crippen LogP contribution in [0.5, 0.6) is 5.88 Å². The van der Waals surface area contributed by atoms with E-state index in [9.17, 15) is 0 Å². The van der Waals surface area contributed by atoms with Gasteiger partial charge in [0, 0.05) is 31.9 Å². The standard InChI is InChI=1S/C19H29N5O/c1-8-14(9-2)22-18-19(25-7)23-17(13(4)21-18)15-11-20-16(24(5)6)10-12(15)3/h10-11,14H,8-9H2,1-7H3,(H,21,22). The van der Waals surface area contributed by atoms with Crippen LogP contribution in [0.1, 0.15) is 37.9 Å². The fraction of sp³-hybridized carbons (Fsp3) is 0.526. The first-order valence-electron chi connectivity index (χ1n) is 8.74. The molecule has 2 rings (SSSR count). The van der Waals surface area contributed by atoms with Crippen molar-refractivity contribution in [2.45, 2.75) is 46.6 Å². The Balaban J connectivity index is 2.46. The van der Waals surface area contributed by atoms with Crippen LogP contribution in [0.4, 0.5) is 11.6 Å². The molecule has 0 atom stereocenters. The smallest absolute Gasteiger partial charge is 0.257 e. The van der Waals surface area contributed by atoms with Crippen LogP contribution >= 0.6 is 0 Å². The molecule has 0 saturated carbocycles. The van der Waals surface area contributed by atoms with Crippen molar-refractivity contribution in [1.82, 2.24) is 15.0 Å². The number of methoxy groups -OCH3 is 1. The molecule has 25 heavy (non-hydrogen) atoms. The lowest BCUT2D eigenvalue weighted by molar-refractivity contribution is 0.397. The Labute approximate surface area is 150 Å². The van der Waals surface area contributed by atoms with E-state index < -0.39 is 0 Å². The molecule has 2 heterocycles. The molecule has 2 aromatic heterocycles. The average Bonchev–Trinajstić information content (AvgIpc) is 2.60. The highest BCUT2D eigenvalue weighted by molar-refractivity contribution is 5.68. The number of anilines is 2. The average molecular weight is 343 g/mol. The van der Waals surface area contributed by atoms with Gasteiger partial charge < -0.3 is 15.0 Å². The van der Waals surface area contributed by atoms with E-state index in [0.717, 1.165) is 41.2 Å². The van der Waals surface area contributed by atoms with E-state index in [1.165, 1.54) is 0 Å². The van der Waals surface area contributed by atoms with Gasteiger partial charge in [-0.2, -0.15) is 0 Å². The van der Waals surface area contributed by atoms with Gasteiger partial charge in [-0.3, -0.25) is 0 Å². The summed E-state index contributed by atoms with van der Waals surface area (Å²) >= 11 is 0. The quantitative estimate of drug-likeness (QED) is 0.824. The van der Waals surface area contributed by atoms with Crippen LogP contribution < -0.4 is 15.0 Å². The molecule has 0 aliphatic heterocycles. The number of nitrogens with zero attached hydrogens (tertiary/aromatic N) is 4. The molecule has 0 amide bonds. The maximum absolute atomic E-state index is 5.49. The summed E-state index contributed by atoms with van der Waals surface area (Å²) in [6.07, 6.45) is 3.91. The summed E-state index contributed by atoms with van der Waals surface area (Å²) in [6.45, 7) is 8.35. The van der Waals surface area contributed by atoms with Gasteiger partial charge in [0.1, 0.15) is 5.82 Å². The zero-order valence-electron chi connectivity index (χ0n) is 16.3. The SMILES string of the molecule is CCC(CC)Nc1nc(C)c(-c2cnc(N(C)C)cc2C)nc1OC. The first kappa shape index (κ1) is 19.0. The summed E-state index contributed by atoms with van der Waals surface area (Å²) in [5.74, 6) is 2.14. The summed E-state index contributed by atoms with van der Waals surface area (Å²) in [4.78, 5) is 15.9. The maximum Gasteiger partial charge on any atom is 0.257 e. The van der Waals surface area contributed by atoms with Crippen molar-refractivity contribution in [3.63, 3.8) is 0 Å². The fourth-order valence-electron chi connectivity index (χ4n) is 2.72. The summed E-state index contributed by atoms with van der Waals surface area (Å²) in [6, 6.07) is 2.41. The van der Waals surface area contributed by atoms with Crippen molar-refractivity contribution >= 4 is 11.6 Å². The van der Waals surface area contributed by atoms with Crippen LogP contribution in [-0.2, 0) is 0 Å². The second-order valence-electron chi connectivity index (χ2n) is 6.43. The van der Waals surface area contributed by atoms with Crippen LogP contribution in [0.3, 0.4) is 0 Å². The first-order valence-corrected chi connectivity index (χ1v) is 8.74. The normalized spacial score (nSPS) is 10.9. The Kier molecular flexibility index (Phi) is 6.17. The second kappa shape index (κ2) is 8.14. The van der Waals surface area contributed by atoms with Crippen molar-refractivity contribution in [1.29, 1.82) is 0 Å². The lowest BCUT2D eigenvalue weighted by Crippen LogP contribution is -2.19. The van der Waals surface area contributed by atoms with Crippen molar-refractivity contribution in [2.75, 3.05) is 31.4 Å². The number of aromatic nitrogens is 3. The Morgan fingerprint density at radius 1 is 1.16 bits per heavy atom. The molecule has 6 nitrogen and oxygen atoms in total. The van der Waals surface area contributed by atoms with Gasteiger partial charge in [-0.1, -0.05) is 13.8 Å². The third kappa shape index (κ3) is 4.18. The third-order valence-corrected chi connectivity index (χ3v) is 4.37. The fourth-order valence-corrected chi connectivity index (χ4v) is 2.72. The molecule has 2 aromatic rings. The molecule has 1 N–H and O–H groups in total. The van der Waals surface area contributed by atoms with Crippen molar-refractivity contribution in [3.05, 3.63) is 23.5 Å². The third-order valence-electron chi connectivity index (χ3n) is 4.37. The first-order chi connectivity index (χ1) is 11.9. The lowest BCUT2D eigenvalue weighted by atomic mass is 10.1. The van der Waals surface area contributed by atoms with Gasteiger partial charge in [-0.15, -0.1) is 0 Å². The maximum atomic E-state index is 5.49. The van der Waals surface area contributed by atoms with Crippen LogP contribution in [0.2, 0.25) is 0 Å². The number of nitrogens with one attached hydrogen (secondary N) is 1. The number of ether oxygens (including phenoxy) is 1. The van der Waals surface area contributed by atoms with Gasteiger partial charge in [-0.05, 0) is 38.3 Å². The summed E-state index contributed by atoms with van der Waals surface area (Å²) in [5, 5.41) is 3.44. The molecule has 0 radical (unpaired) electrons. The Morgan fingerprint density at radius 3 is 2.36 bits per heavy atom. The zero-order chi connectivity index (χ0) is 18.6. The number of hydrogen-bond donors (Lipinski definition) is 1. The minimum atomic E-state index is 0.358. The van der Waals surface area contributed by atoms with Crippen molar-refractivity contribution < 1.29 is 4.74 Å². The molecular weight excluding hydrogens is 314 g/mol. The molecule has 0 aromatic carbocycles. The number of aryl methyl sites for hydroxylation is 2. The van der Waals surface area contributed by atoms with Gasteiger partial charge in [0.15, 0.2) is 5.82 Å². The van der Waals surface area contributed by atoms with Crippen molar-refractivity contribution in [2.24, 2.45) is 0 Å². The van der Waals surface area contributed by atoms with Gasteiger partial charge in [0.25, 0.3) is 5.88 Å². The summed E-state index contributed by atoms with van der Waals surface area (Å²) < 4.78 is 5.49. The minimum Gasteiger partial charge on any atom is -0.478 e. The molecule has 0 aliphatic rings. The number of rotatable bonds is 7. The molecular formula is C19H29N5O. The highest BCUT2D eigenvalue weighted by Crippen LogP contribution is 2.30. The molecule has 0 bridgehead atoms. The monoisotopic (exact) mass is 343 g/mol. The summed E-state index contributed by atoms with van der Waals surface area (Å²) in [5.41, 5.74) is 3.75. The topological polar surface area (TPSA) is 63.2 Å². The Morgan fingerprint density at radius 2 is 1.84 bits per heavy atom. The second-order valence-corrected chi connectivity index (χ2v) is 6.43. The summed E-state index contributed by atoms with van der Waals surface area (Å²) in [7, 11) is 5.59. The highest BCUT2D eigenvalue weighted by atomic mass is 16.5. The Hall–Kier alpha value is -2.37. The minimum absolute atomic E-state index is 0.358. The highest BCUT2D eigenvalue weighted by Gasteiger charge is 2.17. The predicted molar refractivity (Wildman–Crippen MR) is 104 cm³/mol. The van der Waals surface area contributed by atoms with Gasteiger partial charge in [0.2, 0.25) is 0 Å². The van der Waals surface area contributed by atoms with Crippen LogP contribution in [0.15, 0.2) is 12.3 Å². The van der Waals surface area contributed by atoms with Crippen molar-refractivity contribution in [3.8, 4) is 17.1 Å². The van der Waals surface area contributed by atoms with Gasteiger partial charge >= 0.3 is 0 Å². The largest absolute Gasteiger partial charge is 0.478 e. The van der Waals surface area contributed by atoms with Crippen LogP contribution in [0, 0.1) is 13.8 Å². The molecule has 0 spiro atoms. The molecule has 0 aliphatic carbocycles. The van der Waals surface area contributed by atoms with E-state index in [2.05, 4.69) is 37.1 Å². The molecule has 0 unspecified atom stereocenters. The molecule has 0 saturated heterocycles. The van der Waals surface area contributed by atoms with E-state index in [-0.39, 0.29) is 0 Å². The van der Waals surface area contributed by atoms with Crippen LogP contribution in [-0.4, -0.2) is 42.2 Å². The van der Waals surface area contributed by atoms with E-state index in [0.29, 0.717) is 17.7 Å².